The Hall–Kier alpha value is -1.91. The Kier molecular flexibility index (Phi) is 2.60. The van der Waals surface area contributed by atoms with E-state index in [1.54, 1.807) is 6.92 Å². The maximum atomic E-state index is 10.8. The fraction of sp³-hybridized carbons (Fsp3) is 0.364. The van der Waals surface area contributed by atoms with E-state index < -0.39 is 0 Å². The number of aldehydes is 1. The van der Waals surface area contributed by atoms with Crippen LogP contribution in [-0.4, -0.2) is 21.2 Å². The van der Waals surface area contributed by atoms with Crippen molar-refractivity contribution < 1.29 is 9.32 Å². The predicted octanol–water partition coefficient (Wildman–Crippen LogP) is 1.66. The van der Waals surface area contributed by atoms with E-state index in [0.29, 0.717) is 24.3 Å². The van der Waals surface area contributed by atoms with Crippen LogP contribution in [-0.2, 0) is 6.54 Å². The highest BCUT2D eigenvalue weighted by Crippen LogP contribution is 2.14. The number of aromatic nitrogens is 3. The molecule has 0 spiro atoms. The molecule has 0 aliphatic carbocycles. The zero-order valence-electron chi connectivity index (χ0n) is 9.52. The van der Waals surface area contributed by atoms with Gasteiger partial charge in [0.15, 0.2) is 12.0 Å². The smallest absolute Gasteiger partial charge is 0.172 e. The minimum Gasteiger partial charge on any atom is -0.361 e. The summed E-state index contributed by atoms with van der Waals surface area (Å²) in [6.45, 7) is 6.22. The van der Waals surface area contributed by atoms with Gasteiger partial charge in [0.1, 0.15) is 5.76 Å². The van der Waals surface area contributed by atoms with Gasteiger partial charge in [0.05, 0.1) is 12.2 Å². The highest BCUT2D eigenvalue weighted by atomic mass is 16.5. The van der Waals surface area contributed by atoms with Crippen molar-refractivity contribution in [2.24, 2.45) is 0 Å². The van der Waals surface area contributed by atoms with Gasteiger partial charge in [-0.15, -0.1) is 0 Å². The largest absolute Gasteiger partial charge is 0.361 e. The van der Waals surface area contributed by atoms with E-state index in [1.807, 2.05) is 24.6 Å². The summed E-state index contributed by atoms with van der Waals surface area (Å²) in [5.41, 5.74) is 3.15. The molecule has 0 amide bonds. The highest BCUT2D eigenvalue weighted by Gasteiger charge is 2.13. The van der Waals surface area contributed by atoms with Gasteiger partial charge in [-0.3, -0.25) is 9.48 Å². The molecule has 5 heteroatoms. The SMILES string of the molecule is Cc1cc(C)n(Cc2c(C=O)noc2C)n1. The number of carbonyl (C=O) groups is 1. The lowest BCUT2D eigenvalue weighted by Crippen LogP contribution is -2.06. The molecule has 0 N–H and O–H groups in total. The molecule has 5 nitrogen and oxygen atoms in total. The Bertz CT molecular complexity index is 525. The maximum absolute atomic E-state index is 10.8. The molecule has 0 saturated heterocycles. The topological polar surface area (TPSA) is 60.9 Å². The van der Waals surface area contributed by atoms with Crippen LogP contribution in [0.3, 0.4) is 0 Å². The van der Waals surface area contributed by atoms with Crippen LogP contribution in [0.15, 0.2) is 10.6 Å². The molecule has 0 aliphatic rings. The third kappa shape index (κ3) is 1.76. The third-order valence-corrected chi connectivity index (χ3v) is 2.54. The Morgan fingerprint density at radius 1 is 1.44 bits per heavy atom. The quantitative estimate of drug-likeness (QED) is 0.736. The molecule has 0 saturated carbocycles. The Morgan fingerprint density at radius 2 is 2.19 bits per heavy atom. The lowest BCUT2D eigenvalue weighted by molar-refractivity contribution is 0.111. The molecule has 16 heavy (non-hydrogen) atoms. The van der Waals surface area contributed by atoms with Crippen LogP contribution in [0.5, 0.6) is 0 Å². The third-order valence-electron chi connectivity index (χ3n) is 2.54. The molecule has 0 aromatic carbocycles. The second-order valence-corrected chi connectivity index (χ2v) is 3.81. The van der Waals surface area contributed by atoms with Crippen LogP contribution < -0.4 is 0 Å². The van der Waals surface area contributed by atoms with E-state index in [0.717, 1.165) is 17.0 Å². The van der Waals surface area contributed by atoms with E-state index in [4.69, 9.17) is 4.52 Å². The number of aryl methyl sites for hydroxylation is 3. The molecule has 2 heterocycles. The van der Waals surface area contributed by atoms with Crippen molar-refractivity contribution in [1.29, 1.82) is 0 Å². The average Bonchev–Trinajstić information content (AvgIpc) is 2.73. The Morgan fingerprint density at radius 3 is 2.75 bits per heavy atom. The monoisotopic (exact) mass is 219 g/mol. The number of hydrogen-bond acceptors (Lipinski definition) is 4. The van der Waals surface area contributed by atoms with Crippen molar-refractivity contribution in [2.75, 3.05) is 0 Å². The van der Waals surface area contributed by atoms with Gasteiger partial charge in [0.2, 0.25) is 0 Å². The molecule has 0 bridgehead atoms. The summed E-state index contributed by atoms with van der Waals surface area (Å²) >= 11 is 0. The first-order valence-electron chi connectivity index (χ1n) is 5.03. The van der Waals surface area contributed by atoms with Crippen LogP contribution in [0, 0.1) is 20.8 Å². The number of rotatable bonds is 3. The standard InChI is InChI=1S/C11H13N3O2/c1-7-4-8(2)14(12-7)5-10-9(3)16-13-11(10)6-15/h4,6H,5H2,1-3H3. The average molecular weight is 219 g/mol. The summed E-state index contributed by atoms with van der Waals surface area (Å²) in [4.78, 5) is 10.8. The van der Waals surface area contributed by atoms with Crippen molar-refractivity contribution in [3.63, 3.8) is 0 Å². The molecule has 84 valence electrons. The van der Waals surface area contributed by atoms with Gasteiger partial charge >= 0.3 is 0 Å². The van der Waals surface area contributed by atoms with E-state index in [2.05, 4.69) is 10.3 Å². The highest BCUT2D eigenvalue weighted by molar-refractivity contribution is 5.74. The second kappa shape index (κ2) is 3.92. The van der Waals surface area contributed by atoms with Gasteiger partial charge in [-0.25, -0.2) is 0 Å². The maximum Gasteiger partial charge on any atom is 0.172 e. The summed E-state index contributed by atoms with van der Waals surface area (Å²) < 4.78 is 6.82. The predicted molar refractivity (Wildman–Crippen MR) is 57.4 cm³/mol. The molecule has 2 rings (SSSR count). The molecule has 0 unspecified atom stereocenters. The van der Waals surface area contributed by atoms with E-state index in [-0.39, 0.29) is 0 Å². The lowest BCUT2D eigenvalue weighted by atomic mass is 10.2. The van der Waals surface area contributed by atoms with Crippen molar-refractivity contribution >= 4 is 6.29 Å². The lowest BCUT2D eigenvalue weighted by Gasteiger charge is -2.02. The van der Waals surface area contributed by atoms with Gasteiger partial charge < -0.3 is 4.52 Å². The summed E-state index contributed by atoms with van der Waals surface area (Å²) in [6.07, 6.45) is 0.706. The summed E-state index contributed by atoms with van der Waals surface area (Å²) in [7, 11) is 0. The first-order chi connectivity index (χ1) is 7.61. The molecule has 0 radical (unpaired) electrons. The van der Waals surface area contributed by atoms with Crippen LogP contribution in [0.1, 0.15) is 33.2 Å². The van der Waals surface area contributed by atoms with Gasteiger partial charge in [0.25, 0.3) is 0 Å². The van der Waals surface area contributed by atoms with Gasteiger partial charge in [0, 0.05) is 11.3 Å². The fourth-order valence-corrected chi connectivity index (χ4v) is 1.68. The molecular weight excluding hydrogens is 206 g/mol. The molecule has 0 aliphatic heterocycles. The van der Waals surface area contributed by atoms with Gasteiger partial charge in [-0.1, -0.05) is 5.16 Å². The minimum absolute atomic E-state index is 0.352. The molecular formula is C11H13N3O2. The number of carbonyl (C=O) groups excluding carboxylic acids is 1. The van der Waals surface area contributed by atoms with Gasteiger partial charge in [-0.2, -0.15) is 5.10 Å². The van der Waals surface area contributed by atoms with Crippen molar-refractivity contribution in [2.45, 2.75) is 27.3 Å². The van der Waals surface area contributed by atoms with Crippen molar-refractivity contribution in [3.05, 3.63) is 34.5 Å². The fourth-order valence-electron chi connectivity index (χ4n) is 1.68. The van der Waals surface area contributed by atoms with Gasteiger partial charge in [-0.05, 0) is 26.8 Å². The van der Waals surface area contributed by atoms with Crippen LogP contribution in [0.4, 0.5) is 0 Å². The van der Waals surface area contributed by atoms with E-state index in [9.17, 15) is 4.79 Å². The minimum atomic E-state index is 0.352. The summed E-state index contributed by atoms with van der Waals surface area (Å²) in [5, 5.41) is 8.02. The van der Waals surface area contributed by atoms with E-state index in [1.165, 1.54) is 0 Å². The first-order valence-corrected chi connectivity index (χ1v) is 5.03. The molecule has 0 fully saturated rings. The molecule has 2 aromatic rings. The van der Waals surface area contributed by atoms with Crippen molar-refractivity contribution in [1.82, 2.24) is 14.9 Å². The van der Waals surface area contributed by atoms with Crippen LogP contribution in [0.2, 0.25) is 0 Å². The summed E-state index contributed by atoms with van der Waals surface area (Å²) in [5.74, 6) is 0.662. The number of hydrogen-bond donors (Lipinski definition) is 0. The van der Waals surface area contributed by atoms with Crippen molar-refractivity contribution in [3.8, 4) is 0 Å². The van der Waals surface area contributed by atoms with E-state index >= 15 is 0 Å². The zero-order chi connectivity index (χ0) is 11.7. The second-order valence-electron chi connectivity index (χ2n) is 3.81. The molecule has 0 atom stereocenters. The first kappa shape index (κ1) is 10.6. The van der Waals surface area contributed by atoms with Crippen LogP contribution in [0.25, 0.3) is 0 Å². The van der Waals surface area contributed by atoms with Crippen LogP contribution >= 0.6 is 0 Å². The summed E-state index contributed by atoms with van der Waals surface area (Å²) in [6, 6.07) is 1.99. The normalized spacial score (nSPS) is 10.7. The Balaban J connectivity index is 2.36. The molecule has 2 aromatic heterocycles. The Labute approximate surface area is 93.0 Å². The number of nitrogens with zero attached hydrogens (tertiary/aromatic N) is 3. The zero-order valence-corrected chi connectivity index (χ0v) is 9.52.